The van der Waals surface area contributed by atoms with Gasteiger partial charge in [-0.25, -0.2) is 5.32 Å². The Kier molecular flexibility index (Phi) is 4.51. The van der Waals surface area contributed by atoms with Gasteiger partial charge in [-0.1, -0.05) is 78.9 Å². The molecule has 0 amide bonds. The second-order valence-electron chi connectivity index (χ2n) is 6.74. The smallest absolute Gasteiger partial charge is 0.350 e. The summed E-state index contributed by atoms with van der Waals surface area (Å²) in [7, 11) is 0. The lowest BCUT2D eigenvalue weighted by atomic mass is 9.48. The average molecular weight is 400 g/mol. The van der Waals surface area contributed by atoms with Crippen LogP contribution in [0.2, 0.25) is 0 Å². The van der Waals surface area contributed by atoms with Crippen LogP contribution in [0.25, 0.3) is 0 Å². The summed E-state index contributed by atoms with van der Waals surface area (Å²) in [6.45, 7) is 0. The van der Waals surface area contributed by atoms with Gasteiger partial charge in [-0.2, -0.15) is 16.6 Å². The molecule has 0 aliphatic carbocycles. The van der Waals surface area contributed by atoms with E-state index in [0.717, 1.165) is 16.0 Å². The van der Waals surface area contributed by atoms with E-state index in [0.29, 0.717) is 0 Å². The first-order valence-corrected chi connectivity index (χ1v) is 11.0. The minimum absolute atomic E-state index is 1.04. The summed E-state index contributed by atoms with van der Waals surface area (Å²) in [6, 6.07) is 31.9. The molecule has 0 unspecified atom stereocenters. The predicted molar refractivity (Wildman–Crippen MR) is 121 cm³/mol. The Bertz CT molecular complexity index is 1070. The molecule has 0 saturated heterocycles. The van der Waals surface area contributed by atoms with Gasteiger partial charge < -0.3 is 4.48 Å². The summed E-state index contributed by atoms with van der Waals surface area (Å²) in [4.78, 5) is 3.59. The number of thiazole rings is 1. The van der Waals surface area contributed by atoms with Gasteiger partial charge in [0.25, 0.3) is 0 Å². The van der Waals surface area contributed by atoms with Crippen molar-refractivity contribution in [3.63, 3.8) is 0 Å². The quantitative estimate of drug-likeness (QED) is 0.516. The second kappa shape index (κ2) is 7.30. The van der Waals surface area contributed by atoms with E-state index >= 15 is 0 Å². The number of amidine groups is 1. The fourth-order valence-corrected chi connectivity index (χ4v) is 6.32. The van der Waals surface area contributed by atoms with Crippen molar-refractivity contribution in [3.8, 4) is 0 Å². The van der Waals surface area contributed by atoms with Crippen LogP contribution >= 0.6 is 22.9 Å². The van der Waals surface area contributed by atoms with Crippen molar-refractivity contribution in [2.75, 3.05) is 5.32 Å². The Morgan fingerprint density at radius 2 is 1.32 bits per heavy atom. The molecular formula is C22H19BN3S2+. The van der Waals surface area contributed by atoms with Crippen LogP contribution in [0.5, 0.6) is 0 Å². The molecule has 1 aliphatic rings. The maximum absolute atomic E-state index is 3.59. The normalized spacial score (nSPS) is 14.8. The highest BCUT2D eigenvalue weighted by atomic mass is 32.2. The molecule has 4 aromatic rings. The maximum atomic E-state index is 3.59. The number of para-hydroxylation sites is 1. The first-order valence-electron chi connectivity index (χ1n) is 9.26. The Labute approximate surface area is 172 Å². The molecule has 1 aromatic heterocycles. The largest absolute Gasteiger partial charge is 0.378 e. The molecule has 0 atom stereocenters. The first kappa shape index (κ1) is 17.3. The van der Waals surface area contributed by atoms with Crippen LogP contribution in [0.15, 0.2) is 103 Å². The highest BCUT2D eigenvalue weighted by molar-refractivity contribution is 8.40. The molecule has 0 spiro atoms. The summed E-state index contributed by atoms with van der Waals surface area (Å²) < 4.78 is 2.40. The fourth-order valence-electron chi connectivity index (χ4n) is 3.81. The third-order valence-electron chi connectivity index (χ3n) is 5.07. The van der Waals surface area contributed by atoms with Crippen molar-refractivity contribution >= 4 is 55.4 Å². The first-order chi connectivity index (χ1) is 13.9. The summed E-state index contributed by atoms with van der Waals surface area (Å²) in [5, 5.41) is 7.91. The number of aromatic nitrogens is 1. The van der Waals surface area contributed by atoms with Crippen LogP contribution in [-0.2, 0) is 0 Å². The lowest BCUT2D eigenvalue weighted by Crippen LogP contribution is -2.88. The van der Waals surface area contributed by atoms with E-state index in [1.54, 1.807) is 11.3 Å². The number of rotatable bonds is 3. The van der Waals surface area contributed by atoms with Crippen molar-refractivity contribution < 1.29 is 9.47 Å². The molecule has 0 saturated carbocycles. The predicted octanol–water partition coefficient (Wildman–Crippen LogP) is 2.07. The van der Waals surface area contributed by atoms with Crippen molar-refractivity contribution in [1.82, 2.24) is 0 Å². The van der Waals surface area contributed by atoms with Crippen LogP contribution in [0.3, 0.4) is 0 Å². The number of anilines is 1. The van der Waals surface area contributed by atoms with E-state index in [9.17, 15) is 0 Å². The van der Waals surface area contributed by atoms with Crippen molar-refractivity contribution in [2.24, 2.45) is 0 Å². The third-order valence-corrected chi connectivity index (χ3v) is 7.42. The molecule has 0 fully saturated rings. The van der Waals surface area contributed by atoms with E-state index in [-0.39, 0.29) is 0 Å². The zero-order valence-corrected chi connectivity index (χ0v) is 16.8. The molecule has 3 nitrogen and oxygen atoms in total. The van der Waals surface area contributed by atoms with Gasteiger partial charge in [-0.05, 0) is 23.5 Å². The molecule has 136 valence electrons. The molecule has 0 bridgehead atoms. The van der Waals surface area contributed by atoms with Gasteiger partial charge in [0.15, 0.2) is 5.69 Å². The summed E-state index contributed by atoms with van der Waals surface area (Å²) in [5.41, 5.74) is 2.42. The van der Waals surface area contributed by atoms with Crippen molar-refractivity contribution in [3.05, 3.63) is 103 Å². The molecule has 5 rings (SSSR count). The van der Waals surface area contributed by atoms with Crippen LogP contribution in [0.1, 0.15) is 0 Å². The molecule has 2 N–H and O–H groups in total. The summed E-state index contributed by atoms with van der Waals surface area (Å²) >= 11 is 3.58. The van der Waals surface area contributed by atoms with E-state index < -0.39 is 5.56 Å². The van der Waals surface area contributed by atoms with E-state index in [2.05, 4.69) is 111 Å². The number of hydrogen-bond acceptors (Lipinski definition) is 3. The van der Waals surface area contributed by atoms with Crippen LogP contribution in [0, 0.1) is 0 Å². The third kappa shape index (κ3) is 2.95. The molecule has 1 aliphatic heterocycles. The number of benzene rings is 3. The fraction of sp³-hybridized carbons (Fsp3) is 0. The molecular weight excluding hydrogens is 381 g/mol. The Morgan fingerprint density at radius 1 is 0.750 bits per heavy atom. The minimum atomic E-state index is -1.27. The Morgan fingerprint density at radius 3 is 1.93 bits per heavy atom. The second-order valence-corrected chi connectivity index (χ2v) is 8.96. The molecule has 2 heterocycles. The zero-order valence-electron chi connectivity index (χ0n) is 15.2. The number of fused-ring (bicyclic) bond motifs is 1. The minimum Gasteiger partial charge on any atom is -0.378 e. The van der Waals surface area contributed by atoms with Gasteiger partial charge in [0.2, 0.25) is 0 Å². The van der Waals surface area contributed by atoms with Gasteiger partial charge >= 0.3 is 15.9 Å². The SMILES string of the molecule is c1ccc(NC2=[NH+]c3scc[n+]3[B-](c3ccccc3)(c3ccccc3)S2)cc1. The summed E-state index contributed by atoms with van der Waals surface area (Å²) in [5.74, 6) is 0. The highest BCUT2D eigenvalue weighted by Gasteiger charge is 2.46. The van der Waals surface area contributed by atoms with Crippen molar-refractivity contribution in [1.29, 1.82) is 0 Å². The van der Waals surface area contributed by atoms with E-state index in [4.69, 9.17) is 0 Å². The van der Waals surface area contributed by atoms with Gasteiger partial charge in [-0.15, -0.1) is 10.9 Å². The Balaban J connectivity index is 1.70. The van der Waals surface area contributed by atoms with Gasteiger partial charge in [0.05, 0.1) is 6.20 Å². The summed E-state index contributed by atoms with van der Waals surface area (Å²) in [6.07, 6.45) is 2.19. The van der Waals surface area contributed by atoms with Crippen LogP contribution < -0.4 is 25.7 Å². The van der Waals surface area contributed by atoms with Gasteiger partial charge in [-0.3, -0.25) is 0 Å². The zero-order chi connectivity index (χ0) is 18.8. The lowest BCUT2D eigenvalue weighted by Gasteiger charge is -2.37. The molecule has 6 heteroatoms. The lowest BCUT2D eigenvalue weighted by molar-refractivity contribution is -0.605. The number of hydrogen-bond donors (Lipinski definition) is 2. The van der Waals surface area contributed by atoms with E-state index in [1.807, 2.05) is 17.7 Å². The standard InChI is InChI=1S/C22H18BN3S2/c1-4-10-18(11-5-1)23(19-12-6-2-7-13-19)26-16-17-27-22(26)25-21(28-23)24-20-14-8-3-9-15-20/h1-17H,(H,24,25)/p+1. The van der Waals surface area contributed by atoms with E-state index in [1.165, 1.54) is 10.9 Å². The number of nitrogens with one attached hydrogen (secondary N) is 2. The van der Waals surface area contributed by atoms with Crippen molar-refractivity contribution in [2.45, 2.75) is 0 Å². The van der Waals surface area contributed by atoms with Crippen LogP contribution in [-0.4, -0.2) is 10.7 Å². The molecule has 28 heavy (non-hydrogen) atoms. The Hall–Kier alpha value is -2.83. The van der Waals surface area contributed by atoms with Gasteiger partial charge in [0.1, 0.15) is 0 Å². The highest BCUT2D eigenvalue weighted by Crippen LogP contribution is 2.24. The molecule has 3 aromatic carbocycles. The molecule has 0 radical (unpaired) electrons. The number of nitrogens with zero attached hydrogens (tertiary/aromatic N) is 1. The average Bonchev–Trinajstić information content (AvgIpc) is 3.24. The van der Waals surface area contributed by atoms with Gasteiger partial charge in [0, 0.05) is 5.38 Å². The van der Waals surface area contributed by atoms with Crippen LogP contribution in [0.4, 0.5) is 10.8 Å². The monoisotopic (exact) mass is 400 g/mol. The maximum Gasteiger partial charge on any atom is 0.350 e. The topological polar surface area (TPSA) is 29.9 Å².